The van der Waals surface area contributed by atoms with E-state index in [2.05, 4.69) is 20.3 Å². The molecule has 2 aromatic rings. The fraction of sp³-hybridized carbons (Fsp3) is 0.409. The van der Waals surface area contributed by atoms with Gasteiger partial charge in [0.05, 0.1) is 6.61 Å². The van der Waals surface area contributed by atoms with Gasteiger partial charge in [0.15, 0.2) is 5.96 Å². The lowest BCUT2D eigenvalue weighted by Gasteiger charge is -2.31. The van der Waals surface area contributed by atoms with Crippen molar-refractivity contribution >= 4 is 18.1 Å². The minimum Gasteiger partial charge on any atom is -0.463 e. The number of amides is 3. The molecule has 1 aliphatic heterocycles. The van der Waals surface area contributed by atoms with Gasteiger partial charge in [0.2, 0.25) is 0 Å². The van der Waals surface area contributed by atoms with E-state index in [-0.39, 0.29) is 29.8 Å². The number of benzene rings is 1. The van der Waals surface area contributed by atoms with Crippen LogP contribution in [0.3, 0.4) is 0 Å². The molecule has 1 aromatic carbocycles. The van der Waals surface area contributed by atoms with Gasteiger partial charge in [0.1, 0.15) is 12.4 Å². The number of carbonyl (C=O) groups is 2. The summed E-state index contributed by atoms with van der Waals surface area (Å²) < 4.78 is 25.5. The van der Waals surface area contributed by atoms with Crippen LogP contribution in [0.1, 0.15) is 25.3 Å². The zero-order valence-corrected chi connectivity index (χ0v) is 18.9. The van der Waals surface area contributed by atoms with Crippen LogP contribution in [0.4, 0.5) is 14.0 Å². The normalized spacial score (nSPS) is 13.8. The zero-order valence-electron chi connectivity index (χ0n) is 18.9. The van der Waals surface area contributed by atoms with Crippen LogP contribution in [0.2, 0.25) is 0 Å². The highest BCUT2D eigenvalue weighted by molar-refractivity contribution is 5.87. The summed E-state index contributed by atoms with van der Waals surface area (Å²) in [6.45, 7) is 3.95. The Labute approximate surface area is 196 Å². The summed E-state index contributed by atoms with van der Waals surface area (Å²) in [7, 11) is 0. The summed E-state index contributed by atoms with van der Waals surface area (Å²) in [5.41, 5.74) is 11.1. The van der Waals surface area contributed by atoms with Crippen molar-refractivity contribution in [2.24, 2.45) is 22.4 Å². The van der Waals surface area contributed by atoms with Crippen LogP contribution in [0.15, 0.2) is 35.6 Å². The van der Waals surface area contributed by atoms with E-state index in [1.165, 1.54) is 18.5 Å². The van der Waals surface area contributed by atoms with Crippen molar-refractivity contribution in [3.05, 3.63) is 42.0 Å². The van der Waals surface area contributed by atoms with Crippen molar-refractivity contribution in [2.45, 2.75) is 26.4 Å². The number of urea groups is 1. The number of ether oxygens (including phenoxy) is 2. The number of carbonyl (C=O) groups excluding carboxylic acids is 2. The van der Waals surface area contributed by atoms with Crippen LogP contribution >= 0.6 is 0 Å². The fourth-order valence-electron chi connectivity index (χ4n) is 3.48. The Morgan fingerprint density at radius 3 is 2.59 bits per heavy atom. The Morgan fingerprint density at radius 1 is 1.24 bits per heavy atom. The fourth-order valence-corrected chi connectivity index (χ4v) is 3.48. The predicted molar refractivity (Wildman–Crippen MR) is 122 cm³/mol. The van der Waals surface area contributed by atoms with Crippen LogP contribution < -0.4 is 21.5 Å². The van der Waals surface area contributed by atoms with Gasteiger partial charge in [-0.1, -0.05) is 18.2 Å². The van der Waals surface area contributed by atoms with E-state index in [9.17, 15) is 14.0 Å². The van der Waals surface area contributed by atoms with Crippen molar-refractivity contribution in [1.29, 1.82) is 0 Å². The lowest BCUT2D eigenvalue weighted by molar-refractivity contribution is 0.141. The smallest absolute Gasteiger partial charge is 0.437 e. The Morgan fingerprint density at radius 2 is 1.94 bits per heavy atom. The van der Waals surface area contributed by atoms with Gasteiger partial charge in [0.25, 0.3) is 0 Å². The summed E-state index contributed by atoms with van der Waals surface area (Å²) in [5.74, 6) is -0.718. The first kappa shape index (κ1) is 24.7. The average molecular weight is 474 g/mol. The maximum Gasteiger partial charge on any atom is 0.437 e. The lowest BCUT2D eigenvalue weighted by Crippen LogP contribution is -2.45. The van der Waals surface area contributed by atoms with Crippen LogP contribution in [0.5, 0.6) is 6.01 Å². The molecule has 0 radical (unpaired) electrons. The number of hydrogen-bond acceptors (Lipinski definition) is 6. The number of likely N-dealkylation sites (tertiary alicyclic amines) is 1. The molecule has 1 saturated heterocycles. The van der Waals surface area contributed by atoms with E-state index in [1.807, 2.05) is 6.92 Å². The molecule has 3 amide bonds. The second-order valence-corrected chi connectivity index (χ2v) is 7.70. The molecule has 5 N–H and O–H groups in total. The minimum absolute atomic E-state index is 0.0379. The lowest BCUT2D eigenvalue weighted by atomic mass is 9.98. The Kier molecular flexibility index (Phi) is 8.54. The summed E-state index contributed by atoms with van der Waals surface area (Å²) in [6, 6.07) is 4.83. The highest BCUT2D eigenvalue weighted by Gasteiger charge is 2.23. The van der Waals surface area contributed by atoms with Gasteiger partial charge in [-0.05, 0) is 25.7 Å². The molecule has 0 unspecified atom stereocenters. The number of nitrogens with one attached hydrogen (secondary N) is 1. The molecule has 2 heterocycles. The van der Waals surface area contributed by atoms with Gasteiger partial charge in [0, 0.05) is 48.7 Å². The summed E-state index contributed by atoms with van der Waals surface area (Å²) >= 11 is 0. The van der Waals surface area contributed by atoms with E-state index in [4.69, 9.17) is 20.9 Å². The Balaban J connectivity index is 1.54. The second kappa shape index (κ2) is 11.8. The van der Waals surface area contributed by atoms with Crippen molar-refractivity contribution in [2.75, 3.05) is 26.2 Å². The highest BCUT2D eigenvalue weighted by Crippen LogP contribution is 2.25. The topological polar surface area (TPSA) is 158 Å². The minimum atomic E-state index is -1.01. The largest absolute Gasteiger partial charge is 0.463 e. The van der Waals surface area contributed by atoms with E-state index in [1.54, 1.807) is 17.0 Å². The van der Waals surface area contributed by atoms with Crippen molar-refractivity contribution in [3.63, 3.8) is 0 Å². The van der Waals surface area contributed by atoms with Gasteiger partial charge in [-0.3, -0.25) is 0 Å². The molecule has 11 nitrogen and oxygen atoms in total. The molecule has 0 atom stereocenters. The number of halogens is 1. The molecule has 0 saturated carbocycles. The van der Waals surface area contributed by atoms with Gasteiger partial charge >= 0.3 is 18.1 Å². The van der Waals surface area contributed by atoms with Crippen molar-refractivity contribution in [3.8, 4) is 17.1 Å². The first-order chi connectivity index (χ1) is 16.4. The summed E-state index contributed by atoms with van der Waals surface area (Å²) in [5, 5.41) is 2.81. The first-order valence-corrected chi connectivity index (χ1v) is 10.9. The van der Waals surface area contributed by atoms with Gasteiger partial charge in [-0.25, -0.2) is 23.9 Å². The number of aromatic nitrogens is 2. The highest BCUT2D eigenvalue weighted by atomic mass is 19.1. The van der Waals surface area contributed by atoms with Gasteiger partial charge < -0.3 is 31.2 Å². The number of hydrogen-bond donors (Lipinski definition) is 3. The maximum absolute atomic E-state index is 14.9. The molecule has 0 aliphatic carbocycles. The van der Waals surface area contributed by atoms with E-state index in [0.717, 1.165) is 12.8 Å². The van der Waals surface area contributed by atoms with Gasteiger partial charge in [-0.2, -0.15) is 0 Å². The van der Waals surface area contributed by atoms with Gasteiger partial charge in [-0.15, -0.1) is 4.99 Å². The number of nitrogens with two attached hydrogens (primary N) is 2. The third-order valence-electron chi connectivity index (χ3n) is 5.27. The van der Waals surface area contributed by atoms with Crippen LogP contribution in [-0.4, -0.2) is 59.2 Å². The summed E-state index contributed by atoms with van der Waals surface area (Å²) in [6.07, 6.45) is 3.59. The quantitative estimate of drug-likeness (QED) is 0.407. The van der Waals surface area contributed by atoms with Crippen LogP contribution in [0.25, 0.3) is 11.1 Å². The molecule has 34 heavy (non-hydrogen) atoms. The molecular formula is C22H28FN7O4. The Bertz CT molecular complexity index is 1020. The average Bonchev–Trinajstić information content (AvgIpc) is 2.82. The second-order valence-electron chi connectivity index (χ2n) is 7.70. The molecule has 0 bridgehead atoms. The molecular weight excluding hydrogens is 445 g/mol. The van der Waals surface area contributed by atoms with Crippen LogP contribution in [0, 0.1) is 11.7 Å². The predicted octanol–water partition coefficient (Wildman–Crippen LogP) is 2.01. The molecule has 0 spiro atoms. The third-order valence-corrected chi connectivity index (χ3v) is 5.27. The van der Waals surface area contributed by atoms with Crippen LogP contribution in [-0.2, 0) is 11.3 Å². The molecule has 12 heteroatoms. The van der Waals surface area contributed by atoms with Crippen molar-refractivity contribution < 1.29 is 23.5 Å². The monoisotopic (exact) mass is 473 g/mol. The first-order valence-electron chi connectivity index (χ1n) is 10.9. The molecule has 1 aliphatic rings. The molecule has 3 rings (SSSR count). The van der Waals surface area contributed by atoms with E-state index < -0.39 is 17.9 Å². The molecule has 1 fully saturated rings. The number of guanidine groups is 1. The van der Waals surface area contributed by atoms with Crippen molar-refractivity contribution in [1.82, 2.24) is 20.2 Å². The zero-order chi connectivity index (χ0) is 24.5. The van der Waals surface area contributed by atoms with E-state index >= 15 is 0 Å². The maximum atomic E-state index is 14.9. The molecule has 1 aromatic heterocycles. The number of aliphatic imine (C=N–C) groups is 1. The molecule has 182 valence electrons. The SMILES string of the molecule is CCNC(=O)N1CCC(COc2ncc(-c3cccc(COC(=O)N=C(N)N)c3F)cn2)CC1. The Hall–Kier alpha value is -3.96. The van der Waals surface area contributed by atoms with E-state index in [0.29, 0.717) is 37.7 Å². The summed E-state index contributed by atoms with van der Waals surface area (Å²) in [4.78, 5) is 36.7. The standard InChI is InChI=1S/C22H28FN7O4/c1-2-26-21(31)30-8-6-14(7-9-30)12-33-20-27-10-16(11-28-20)17-5-3-4-15(18(17)23)13-34-22(32)29-19(24)25/h3-5,10-11,14H,2,6-9,12-13H2,1H3,(H,26,31)(H4,24,25,29,32). The number of nitrogens with zero attached hydrogens (tertiary/aromatic N) is 4. The number of rotatable bonds is 7. The number of piperidine rings is 1. The third kappa shape index (κ3) is 6.77.